The Morgan fingerprint density at radius 3 is 2.58 bits per heavy atom. The van der Waals surface area contributed by atoms with Crippen LogP contribution in [0.2, 0.25) is 0 Å². The van der Waals surface area contributed by atoms with Gasteiger partial charge < -0.3 is 14.9 Å². The zero-order valence-corrected chi connectivity index (χ0v) is 14.3. The van der Waals surface area contributed by atoms with Crippen LogP contribution in [-0.2, 0) is 4.79 Å². The second kappa shape index (κ2) is 6.93. The van der Waals surface area contributed by atoms with Crippen LogP contribution in [-0.4, -0.2) is 59.5 Å². The van der Waals surface area contributed by atoms with Crippen molar-refractivity contribution in [3.8, 4) is 0 Å². The Bertz CT molecular complexity index is 621. The van der Waals surface area contributed by atoms with E-state index >= 15 is 0 Å². The number of β-amino-alcohol motifs (C(OH)–C–C–N with tert-alkyl or cyclic N) is 1. The number of hydrogen-bond donors (Lipinski definition) is 1. The van der Waals surface area contributed by atoms with Gasteiger partial charge in [0.1, 0.15) is 0 Å². The summed E-state index contributed by atoms with van der Waals surface area (Å²) in [5, 5.41) is 9.14. The Kier molecular flexibility index (Phi) is 4.90. The summed E-state index contributed by atoms with van der Waals surface area (Å²) in [6.45, 7) is 4.62. The first-order valence-electron chi connectivity index (χ1n) is 8.78. The molecule has 1 N–H and O–H groups in total. The Morgan fingerprint density at radius 1 is 1.21 bits per heavy atom. The third-order valence-corrected chi connectivity index (χ3v) is 5.60. The van der Waals surface area contributed by atoms with E-state index < -0.39 is 0 Å². The van der Waals surface area contributed by atoms with Crippen LogP contribution in [0.5, 0.6) is 0 Å². The summed E-state index contributed by atoms with van der Waals surface area (Å²) in [5.74, 6) is 0.259. The topological polar surface area (TPSA) is 60.9 Å². The Morgan fingerprint density at radius 2 is 1.92 bits per heavy atom. The number of hydrogen-bond acceptors (Lipinski definition) is 3. The molecule has 2 aliphatic heterocycles. The fourth-order valence-corrected chi connectivity index (χ4v) is 4.00. The molecule has 0 atom stereocenters. The number of aryl methyl sites for hydroxylation is 1. The summed E-state index contributed by atoms with van der Waals surface area (Å²) in [6.07, 6.45) is 3.32. The molecule has 1 aromatic rings. The van der Waals surface area contributed by atoms with Crippen molar-refractivity contribution >= 4 is 11.8 Å². The molecular weight excluding hydrogens is 304 g/mol. The lowest BCUT2D eigenvalue weighted by Crippen LogP contribution is -2.52. The van der Waals surface area contributed by atoms with Crippen molar-refractivity contribution in [3.63, 3.8) is 0 Å². The lowest BCUT2D eigenvalue weighted by Gasteiger charge is -2.47. The molecule has 2 saturated heterocycles. The maximum atomic E-state index is 12.7. The molecule has 2 aliphatic rings. The number of rotatable bonds is 3. The minimum Gasteiger partial charge on any atom is -0.395 e. The van der Waals surface area contributed by atoms with Crippen molar-refractivity contribution in [2.75, 3.05) is 32.8 Å². The third kappa shape index (κ3) is 3.31. The average molecular weight is 330 g/mol. The predicted molar refractivity (Wildman–Crippen MR) is 91.6 cm³/mol. The highest BCUT2D eigenvalue weighted by Gasteiger charge is 2.41. The lowest BCUT2D eigenvalue weighted by molar-refractivity contribution is -0.139. The number of nitrogens with zero attached hydrogens (tertiary/aromatic N) is 2. The van der Waals surface area contributed by atoms with Gasteiger partial charge in [0.2, 0.25) is 5.91 Å². The van der Waals surface area contributed by atoms with Crippen molar-refractivity contribution in [2.45, 2.75) is 32.6 Å². The summed E-state index contributed by atoms with van der Waals surface area (Å²) in [4.78, 5) is 28.4. The van der Waals surface area contributed by atoms with Gasteiger partial charge in [0, 0.05) is 38.2 Å². The highest BCUT2D eigenvalue weighted by molar-refractivity contribution is 5.95. The Hall–Kier alpha value is -1.88. The van der Waals surface area contributed by atoms with Gasteiger partial charge in [-0.25, -0.2) is 0 Å². The normalized spacial score (nSPS) is 20.5. The van der Waals surface area contributed by atoms with Crippen molar-refractivity contribution < 1.29 is 14.7 Å². The fraction of sp³-hybridized carbons (Fsp3) is 0.579. The zero-order chi connectivity index (χ0) is 17.2. The van der Waals surface area contributed by atoms with E-state index in [9.17, 15) is 9.59 Å². The lowest BCUT2D eigenvalue weighted by atomic mass is 9.72. The molecule has 0 radical (unpaired) electrons. The van der Waals surface area contributed by atoms with E-state index in [4.69, 9.17) is 5.11 Å². The highest BCUT2D eigenvalue weighted by atomic mass is 16.3. The van der Waals surface area contributed by atoms with Gasteiger partial charge in [-0.15, -0.1) is 0 Å². The first kappa shape index (κ1) is 17.0. The molecule has 24 heavy (non-hydrogen) atoms. The molecular formula is C19H26N2O3. The number of aliphatic hydroxyl groups is 1. The van der Waals surface area contributed by atoms with E-state index in [1.807, 2.05) is 36.1 Å². The van der Waals surface area contributed by atoms with E-state index in [-0.39, 0.29) is 23.8 Å². The molecule has 1 aromatic carbocycles. The maximum Gasteiger partial charge on any atom is 0.254 e. The molecule has 5 nitrogen and oxygen atoms in total. The molecule has 0 unspecified atom stereocenters. The number of amides is 2. The van der Waals surface area contributed by atoms with Crippen LogP contribution in [0.1, 0.15) is 41.6 Å². The van der Waals surface area contributed by atoms with E-state index in [0.717, 1.165) is 50.0 Å². The van der Waals surface area contributed by atoms with Crippen molar-refractivity contribution in [2.24, 2.45) is 5.41 Å². The monoisotopic (exact) mass is 330 g/mol. The third-order valence-electron chi connectivity index (χ3n) is 5.60. The molecule has 2 heterocycles. The van der Waals surface area contributed by atoms with Crippen LogP contribution in [0, 0.1) is 12.3 Å². The number of carbonyl (C=O) groups excluding carboxylic acids is 2. The molecule has 130 valence electrons. The summed E-state index contributed by atoms with van der Waals surface area (Å²) < 4.78 is 0. The molecule has 0 aromatic heterocycles. The number of piperidine rings is 2. The van der Waals surface area contributed by atoms with Gasteiger partial charge in [-0.1, -0.05) is 18.2 Å². The Labute approximate surface area is 143 Å². The van der Waals surface area contributed by atoms with Gasteiger partial charge in [0.25, 0.3) is 5.91 Å². The van der Waals surface area contributed by atoms with E-state index in [1.54, 1.807) is 4.90 Å². The largest absolute Gasteiger partial charge is 0.395 e. The van der Waals surface area contributed by atoms with E-state index in [2.05, 4.69) is 0 Å². The van der Waals surface area contributed by atoms with Gasteiger partial charge in [-0.05, 0) is 43.2 Å². The minimum atomic E-state index is 0.0136. The van der Waals surface area contributed by atoms with Crippen LogP contribution in [0.25, 0.3) is 0 Å². The second-order valence-electron chi connectivity index (χ2n) is 7.15. The standard InChI is InChI=1S/C19H26N2O3/c1-15-4-2-3-5-16(15)18(24)20-10-8-19(9-11-20)7-6-17(23)21(14-19)12-13-22/h2-5,22H,6-14H2,1H3. The van der Waals surface area contributed by atoms with Gasteiger partial charge >= 0.3 is 0 Å². The van der Waals surface area contributed by atoms with Crippen LogP contribution in [0.3, 0.4) is 0 Å². The molecule has 0 aliphatic carbocycles. The zero-order valence-electron chi connectivity index (χ0n) is 14.3. The van der Waals surface area contributed by atoms with Gasteiger partial charge in [0.15, 0.2) is 0 Å². The maximum absolute atomic E-state index is 12.7. The van der Waals surface area contributed by atoms with E-state index in [1.165, 1.54) is 0 Å². The first-order valence-corrected chi connectivity index (χ1v) is 8.78. The van der Waals surface area contributed by atoms with Crippen LogP contribution < -0.4 is 0 Å². The van der Waals surface area contributed by atoms with Crippen molar-refractivity contribution in [1.29, 1.82) is 0 Å². The number of likely N-dealkylation sites (tertiary alicyclic amines) is 2. The molecule has 2 fully saturated rings. The number of aliphatic hydroxyl groups excluding tert-OH is 1. The summed E-state index contributed by atoms with van der Waals surface area (Å²) in [5.41, 5.74) is 1.92. The van der Waals surface area contributed by atoms with Crippen LogP contribution in [0.15, 0.2) is 24.3 Å². The van der Waals surface area contributed by atoms with Crippen molar-refractivity contribution in [3.05, 3.63) is 35.4 Å². The highest BCUT2D eigenvalue weighted by Crippen LogP contribution is 2.40. The molecule has 1 spiro atoms. The fourth-order valence-electron chi connectivity index (χ4n) is 4.00. The average Bonchev–Trinajstić information content (AvgIpc) is 2.59. The Balaban J connectivity index is 1.64. The number of carbonyl (C=O) groups is 2. The van der Waals surface area contributed by atoms with Gasteiger partial charge in [-0.2, -0.15) is 0 Å². The quantitative estimate of drug-likeness (QED) is 0.920. The molecule has 3 rings (SSSR count). The van der Waals surface area contributed by atoms with Crippen LogP contribution in [0.4, 0.5) is 0 Å². The minimum absolute atomic E-state index is 0.0136. The molecule has 0 saturated carbocycles. The first-order chi connectivity index (χ1) is 11.5. The predicted octanol–water partition coefficient (Wildman–Crippen LogP) is 1.83. The van der Waals surface area contributed by atoms with Crippen LogP contribution >= 0.6 is 0 Å². The van der Waals surface area contributed by atoms with Crippen molar-refractivity contribution in [1.82, 2.24) is 9.80 Å². The SMILES string of the molecule is Cc1ccccc1C(=O)N1CCC2(CCC(=O)N(CCO)C2)CC1. The molecule has 0 bridgehead atoms. The summed E-state index contributed by atoms with van der Waals surface area (Å²) in [7, 11) is 0. The molecule has 5 heteroatoms. The van der Waals surface area contributed by atoms with Gasteiger partial charge in [0.05, 0.1) is 6.61 Å². The summed E-state index contributed by atoms with van der Waals surface area (Å²) >= 11 is 0. The van der Waals surface area contributed by atoms with E-state index in [0.29, 0.717) is 13.0 Å². The number of benzene rings is 1. The second-order valence-corrected chi connectivity index (χ2v) is 7.15. The van der Waals surface area contributed by atoms with Gasteiger partial charge in [-0.3, -0.25) is 9.59 Å². The summed E-state index contributed by atoms with van der Waals surface area (Å²) in [6, 6.07) is 7.72. The molecule has 2 amide bonds. The smallest absolute Gasteiger partial charge is 0.254 e.